The van der Waals surface area contributed by atoms with Crippen LogP contribution in [0.5, 0.6) is 0 Å². The summed E-state index contributed by atoms with van der Waals surface area (Å²) in [5, 5.41) is 48.3. The van der Waals surface area contributed by atoms with Crippen molar-refractivity contribution < 1.29 is 19.8 Å². The molecule has 0 aliphatic carbocycles. The predicted octanol–water partition coefficient (Wildman–Crippen LogP) is 9.68. The van der Waals surface area contributed by atoms with Gasteiger partial charge in [-0.3, -0.25) is 9.59 Å². The quantitative estimate of drug-likeness (QED) is 0.0237. The first-order valence-corrected chi connectivity index (χ1v) is 30.3. The Balaban J connectivity index is 0.0000134. The number of aliphatic carboxylic acids is 2. The number of aryl methyl sites for hydroxylation is 3. The molecule has 0 saturated heterocycles. The molecule has 5 rings (SSSR count). The topological polar surface area (TPSA) is 228 Å². The minimum Gasteiger partial charge on any atom is -0.481 e. The minimum atomic E-state index is -0.870. The Kier molecular flexibility index (Phi) is 32.8. The van der Waals surface area contributed by atoms with Crippen molar-refractivity contribution >= 4 is 56.3 Å². The first kappa shape index (κ1) is 66.7. The Labute approximate surface area is 475 Å². The van der Waals surface area contributed by atoms with Crippen molar-refractivity contribution in [3.8, 4) is 0 Å². The van der Waals surface area contributed by atoms with Gasteiger partial charge in [0, 0.05) is 34.9 Å². The van der Waals surface area contributed by atoms with Crippen molar-refractivity contribution in [3.05, 3.63) is 69.3 Å². The van der Waals surface area contributed by atoms with Gasteiger partial charge in [0.15, 0.2) is 0 Å². The van der Waals surface area contributed by atoms with E-state index in [2.05, 4.69) is 105 Å². The number of nitrogens with zero attached hydrogens (tertiary/aromatic N) is 2. The maximum absolute atomic E-state index is 12.0. The lowest BCUT2D eigenvalue weighted by Gasteiger charge is -2.08. The van der Waals surface area contributed by atoms with Gasteiger partial charge in [-0.25, -0.2) is 9.97 Å². The summed E-state index contributed by atoms with van der Waals surface area (Å²) in [6.07, 6.45) is 16.5. The van der Waals surface area contributed by atoms with Gasteiger partial charge in [0.05, 0.1) is 22.8 Å². The van der Waals surface area contributed by atoms with Gasteiger partial charge in [-0.05, 0) is 304 Å². The Morgan fingerprint density at radius 3 is 1.11 bits per heavy atom. The summed E-state index contributed by atoms with van der Waals surface area (Å²) >= 11 is 0. The van der Waals surface area contributed by atoms with Gasteiger partial charge in [0.1, 0.15) is 0 Å². The fourth-order valence-electron chi connectivity index (χ4n) is 10.5. The van der Waals surface area contributed by atoms with Crippen LogP contribution in [0.2, 0.25) is 0 Å². The van der Waals surface area contributed by atoms with Crippen molar-refractivity contribution in [2.45, 2.75) is 165 Å². The third-order valence-electron chi connectivity index (χ3n) is 15.3. The van der Waals surface area contributed by atoms with E-state index in [1.54, 1.807) is 0 Å². The Morgan fingerprint density at radius 2 is 0.709 bits per heavy atom. The van der Waals surface area contributed by atoms with E-state index >= 15 is 0 Å². The molecule has 12 N–H and O–H groups in total. The smallest absolute Gasteiger partial charge is 0.303 e. The van der Waals surface area contributed by atoms with Crippen LogP contribution in [0.1, 0.15) is 183 Å². The number of rotatable bonds is 44. The Bertz CT molecular complexity index is 2510. The summed E-state index contributed by atoms with van der Waals surface area (Å²) < 4.78 is 0. The number of fused-ring (bicyclic) bond motifs is 8. The number of carboxylic acid groups (broad SMARTS) is 2. The number of aromatic nitrogens is 4. The summed E-state index contributed by atoms with van der Waals surface area (Å²) in [6, 6.07) is 8.44. The fourth-order valence-corrected chi connectivity index (χ4v) is 10.5. The predicted molar refractivity (Wildman–Crippen MR) is 333 cm³/mol. The van der Waals surface area contributed by atoms with Gasteiger partial charge in [0.2, 0.25) is 0 Å². The number of carbonyl (C=O) groups is 2. The lowest BCUT2D eigenvalue weighted by Crippen LogP contribution is -2.22. The average molecular weight is 1100 g/mol. The highest BCUT2D eigenvalue weighted by Gasteiger charge is 2.23. The largest absolute Gasteiger partial charge is 0.481 e. The average Bonchev–Trinajstić information content (AvgIpc) is 4.15. The van der Waals surface area contributed by atoms with E-state index in [0.29, 0.717) is 18.5 Å². The molecule has 79 heavy (non-hydrogen) atoms. The summed E-state index contributed by atoms with van der Waals surface area (Å²) in [7, 11) is 0. The molecule has 3 aromatic heterocycles. The van der Waals surface area contributed by atoms with Crippen LogP contribution in [0.25, 0.3) is 44.4 Å². The first-order valence-electron chi connectivity index (χ1n) is 30.3. The SMILES string of the molecule is C.CCNCCCCNCCCCNCCCCNCCC1=C(C)c2cc3nc(cc4[nH]c(cc5[nH]c(cc1n2)c(C)c5CCNCCCCNCCCCNCCCCNCC)c(C)c4CCC(=O)O)C(CCC(=O)O)=C3C. The Morgan fingerprint density at radius 1 is 0.392 bits per heavy atom. The van der Waals surface area contributed by atoms with E-state index in [-0.39, 0.29) is 20.3 Å². The standard InChI is InChI=1S/C62H102N12O4.CH4/c1-7-63-27-9-11-29-65-31-13-15-33-67-35-17-19-37-69-39-25-51-47(5)54-41-53-45(3)49(21-23-61(75)76)59(72-53)44-60-50(22-24-62(77)78)46(4)55(74-60)42-58-52(48(6)56(73-58)43-57(51)71-54)26-40-70-38-20-18-36-68-34-16-14-32-66-30-12-10-28-64-8-2;/h41-44,63-70,73-74H,7-40H2,1-6H3,(H,75,76)(H,77,78);1H4. The summed E-state index contributed by atoms with van der Waals surface area (Å²) in [4.78, 5) is 41.9. The molecule has 2 aliphatic heterocycles. The van der Waals surface area contributed by atoms with Gasteiger partial charge < -0.3 is 62.7 Å². The third-order valence-corrected chi connectivity index (χ3v) is 15.3. The van der Waals surface area contributed by atoms with Crippen LogP contribution in [0.4, 0.5) is 0 Å². The van der Waals surface area contributed by atoms with Gasteiger partial charge in [-0.1, -0.05) is 21.3 Å². The zero-order valence-electron chi connectivity index (χ0n) is 49.0. The molecule has 5 heterocycles. The number of hydrogen-bond acceptors (Lipinski definition) is 12. The summed E-state index contributed by atoms with van der Waals surface area (Å²) in [6.45, 7) is 29.2. The van der Waals surface area contributed by atoms with Gasteiger partial charge >= 0.3 is 11.9 Å². The fraction of sp³-hybridized carbons (Fsp3) is 0.651. The highest BCUT2D eigenvalue weighted by atomic mass is 16.4. The molecule has 0 saturated carbocycles. The zero-order valence-corrected chi connectivity index (χ0v) is 49.0. The van der Waals surface area contributed by atoms with Crippen molar-refractivity contribution in [1.82, 2.24) is 62.5 Å². The molecule has 8 bridgehead atoms. The molecular formula is C63H106N12O4. The van der Waals surface area contributed by atoms with E-state index in [0.717, 1.165) is 210 Å². The van der Waals surface area contributed by atoms with Gasteiger partial charge in [-0.2, -0.15) is 0 Å². The third kappa shape index (κ3) is 23.7. The number of H-pyrrole nitrogens is 2. The molecule has 2 aliphatic rings. The van der Waals surface area contributed by atoms with Crippen LogP contribution in [0.15, 0.2) is 24.3 Å². The molecule has 0 unspecified atom stereocenters. The first-order chi connectivity index (χ1) is 38.0. The van der Waals surface area contributed by atoms with Crippen LogP contribution in [-0.2, 0) is 22.4 Å². The molecule has 3 aromatic rings. The molecule has 0 amide bonds. The van der Waals surface area contributed by atoms with Crippen LogP contribution in [0, 0.1) is 13.8 Å². The number of hydrogen-bond donors (Lipinski definition) is 12. The molecule has 0 aromatic carbocycles. The lowest BCUT2D eigenvalue weighted by molar-refractivity contribution is -0.137. The molecule has 0 spiro atoms. The summed E-state index contributed by atoms with van der Waals surface area (Å²) in [5.41, 5.74) is 15.4. The lowest BCUT2D eigenvalue weighted by atomic mass is 9.99. The molecule has 442 valence electrons. The van der Waals surface area contributed by atoms with Crippen LogP contribution < -0.4 is 42.5 Å². The number of carboxylic acids is 2. The van der Waals surface area contributed by atoms with E-state index in [1.165, 1.54) is 68.1 Å². The maximum atomic E-state index is 12.0. The highest BCUT2D eigenvalue weighted by molar-refractivity contribution is 5.96. The second-order valence-electron chi connectivity index (χ2n) is 21.4. The van der Waals surface area contributed by atoms with Gasteiger partial charge in [-0.15, -0.1) is 0 Å². The maximum Gasteiger partial charge on any atom is 0.303 e. The molecular weight excluding hydrogens is 989 g/mol. The number of nitrogens with one attached hydrogen (secondary N) is 10. The van der Waals surface area contributed by atoms with E-state index in [4.69, 9.17) is 9.97 Å². The van der Waals surface area contributed by atoms with Crippen molar-refractivity contribution in [1.29, 1.82) is 0 Å². The molecule has 16 heteroatoms. The second-order valence-corrected chi connectivity index (χ2v) is 21.4. The van der Waals surface area contributed by atoms with Crippen molar-refractivity contribution in [2.75, 3.05) is 105 Å². The molecule has 0 radical (unpaired) electrons. The van der Waals surface area contributed by atoms with Crippen LogP contribution in [0.3, 0.4) is 0 Å². The second kappa shape index (κ2) is 38.8. The summed E-state index contributed by atoms with van der Waals surface area (Å²) in [5.74, 6) is -1.73. The van der Waals surface area contributed by atoms with Gasteiger partial charge in [0.25, 0.3) is 0 Å². The molecule has 0 fully saturated rings. The van der Waals surface area contributed by atoms with E-state index in [9.17, 15) is 19.8 Å². The normalized spacial score (nSPS) is 12.5. The van der Waals surface area contributed by atoms with Crippen molar-refractivity contribution in [3.63, 3.8) is 0 Å². The zero-order chi connectivity index (χ0) is 55.7. The van der Waals surface area contributed by atoms with Crippen LogP contribution >= 0.6 is 0 Å². The monoisotopic (exact) mass is 1090 g/mol. The van der Waals surface area contributed by atoms with E-state index < -0.39 is 11.9 Å². The van der Waals surface area contributed by atoms with Crippen molar-refractivity contribution in [2.24, 2.45) is 0 Å². The molecule has 16 nitrogen and oxygen atoms in total. The Hall–Kier alpha value is -4.78. The molecule has 0 atom stereocenters. The highest BCUT2D eigenvalue weighted by Crippen LogP contribution is 2.37. The van der Waals surface area contributed by atoms with Crippen LogP contribution in [-0.4, -0.2) is 147 Å². The number of aromatic amines is 2. The number of unbranched alkanes of at least 4 members (excludes halogenated alkanes) is 6. The minimum absolute atomic E-state index is 0. The van der Waals surface area contributed by atoms with E-state index in [1.807, 2.05) is 13.0 Å². The number of allylic oxidation sites excluding steroid dienone is 3.